The van der Waals surface area contributed by atoms with Crippen LogP contribution in [-0.4, -0.2) is 11.7 Å². The first kappa shape index (κ1) is 17.5. The molecule has 2 N–H and O–H groups in total. The van der Waals surface area contributed by atoms with Gasteiger partial charge in [-0.3, -0.25) is 0 Å². The number of hydrogen-bond acceptors (Lipinski definition) is 1. The Morgan fingerprint density at radius 2 is 1.86 bits per heavy atom. The first-order chi connectivity index (χ1) is 10.6. The summed E-state index contributed by atoms with van der Waals surface area (Å²) in [5.41, 5.74) is 2.02. The first-order valence-electron chi connectivity index (χ1n) is 6.79. The van der Waals surface area contributed by atoms with Gasteiger partial charge in [0.2, 0.25) is 0 Å². The lowest BCUT2D eigenvalue weighted by Crippen LogP contribution is -2.29. The van der Waals surface area contributed by atoms with Crippen LogP contribution in [0.5, 0.6) is 0 Å². The van der Waals surface area contributed by atoms with E-state index in [0.717, 1.165) is 40.1 Å². The maximum absolute atomic E-state index is 6.13. The van der Waals surface area contributed by atoms with Crippen LogP contribution in [0.1, 0.15) is 12.0 Å². The smallest absolute Gasteiger partial charge is 0.170 e. The molecule has 0 saturated heterocycles. The van der Waals surface area contributed by atoms with Crippen LogP contribution in [0.25, 0.3) is 0 Å². The predicted octanol–water partition coefficient (Wildman–Crippen LogP) is 5.68. The molecule has 2 aromatic carbocycles. The Balaban J connectivity index is 1.74. The molecule has 0 atom stereocenters. The molecule has 2 nitrogen and oxygen atoms in total. The third-order valence-electron chi connectivity index (χ3n) is 3.04. The summed E-state index contributed by atoms with van der Waals surface area (Å²) in [6.45, 7) is 0.779. The minimum atomic E-state index is 0.581. The normalized spacial score (nSPS) is 10.3. The minimum absolute atomic E-state index is 0.581. The summed E-state index contributed by atoms with van der Waals surface area (Å²) < 4.78 is 0.860. The van der Waals surface area contributed by atoms with Crippen molar-refractivity contribution in [2.24, 2.45) is 0 Å². The van der Waals surface area contributed by atoms with Gasteiger partial charge >= 0.3 is 0 Å². The van der Waals surface area contributed by atoms with E-state index in [-0.39, 0.29) is 0 Å². The van der Waals surface area contributed by atoms with Crippen molar-refractivity contribution in [3.8, 4) is 0 Å². The second-order valence-electron chi connectivity index (χ2n) is 4.70. The molecule has 22 heavy (non-hydrogen) atoms. The van der Waals surface area contributed by atoms with Crippen molar-refractivity contribution in [2.45, 2.75) is 12.8 Å². The zero-order valence-corrected chi connectivity index (χ0v) is 15.6. The first-order valence-corrected chi connectivity index (χ1v) is 8.75. The molecule has 116 valence electrons. The summed E-state index contributed by atoms with van der Waals surface area (Å²) in [5, 5.41) is 8.33. The largest absolute Gasteiger partial charge is 0.362 e. The predicted molar refractivity (Wildman–Crippen MR) is 103 cm³/mol. The van der Waals surface area contributed by atoms with Crippen molar-refractivity contribution in [3.63, 3.8) is 0 Å². The summed E-state index contributed by atoms with van der Waals surface area (Å²) in [4.78, 5) is 0. The molecule has 0 bridgehead atoms. The number of rotatable bonds is 5. The molecule has 0 saturated carbocycles. The van der Waals surface area contributed by atoms with Crippen LogP contribution in [0.15, 0.2) is 46.9 Å². The number of halogens is 3. The van der Waals surface area contributed by atoms with Gasteiger partial charge in [-0.1, -0.05) is 41.4 Å². The van der Waals surface area contributed by atoms with E-state index in [1.807, 2.05) is 42.5 Å². The third kappa shape index (κ3) is 5.43. The van der Waals surface area contributed by atoms with E-state index in [1.54, 1.807) is 0 Å². The van der Waals surface area contributed by atoms with Gasteiger partial charge < -0.3 is 10.6 Å². The molecular formula is C16H15BrCl2N2S. The lowest BCUT2D eigenvalue weighted by molar-refractivity contribution is 0.777. The van der Waals surface area contributed by atoms with Gasteiger partial charge in [-0.25, -0.2) is 0 Å². The van der Waals surface area contributed by atoms with E-state index in [2.05, 4.69) is 26.6 Å². The highest BCUT2D eigenvalue weighted by molar-refractivity contribution is 9.10. The number of aryl methyl sites for hydroxylation is 1. The van der Waals surface area contributed by atoms with Gasteiger partial charge in [0.1, 0.15) is 0 Å². The van der Waals surface area contributed by atoms with E-state index in [1.165, 1.54) is 0 Å². The van der Waals surface area contributed by atoms with E-state index in [4.69, 9.17) is 35.4 Å². The topological polar surface area (TPSA) is 24.1 Å². The maximum atomic E-state index is 6.13. The van der Waals surface area contributed by atoms with Crippen molar-refractivity contribution < 1.29 is 0 Å². The standard InChI is InChI=1S/C16H15BrCl2N2S/c17-13-8-7-12(10-15(13)19)21-16(22)20-9-3-5-11-4-1-2-6-14(11)18/h1-2,4,6-8,10H,3,5,9H2,(H2,20,21,22). The molecule has 0 radical (unpaired) electrons. The molecule has 0 spiro atoms. The highest BCUT2D eigenvalue weighted by atomic mass is 79.9. The van der Waals surface area contributed by atoms with Crippen LogP contribution in [0, 0.1) is 0 Å². The average molecular weight is 418 g/mol. The van der Waals surface area contributed by atoms with Crippen molar-refractivity contribution in [1.29, 1.82) is 0 Å². The maximum Gasteiger partial charge on any atom is 0.170 e. The van der Waals surface area contributed by atoms with Gasteiger partial charge in [-0.05, 0) is 70.8 Å². The Kier molecular flexibility index (Phi) is 6.96. The Morgan fingerprint density at radius 1 is 1.09 bits per heavy atom. The second-order valence-corrected chi connectivity index (χ2v) is 6.78. The highest BCUT2D eigenvalue weighted by Crippen LogP contribution is 2.25. The number of hydrogen-bond donors (Lipinski definition) is 2. The van der Waals surface area contributed by atoms with Crippen molar-refractivity contribution in [3.05, 3.63) is 62.5 Å². The van der Waals surface area contributed by atoms with Crippen LogP contribution in [0.2, 0.25) is 10.0 Å². The fourth-order valence-corrected chi connectivity index (χ4v) is 2.81. The summed E-state index contributed by atoms with van der Waals surface area (Å²) in [6, 6.07) is 13.5. The summed E-state index contributed by atoms with van der Waals surface area (Å²) >= 11 is 20.8. The van der Waals surface area contributed by atoms with Crippen LogP contribution >= 0.6 is 51.3 Å². The lowest BCUT2D eigenvalue weighted by atomic mass is 10.1. The fourth-order valence-electron chi connectivity index (χ4n) is 1.93. The number of anilines is 1. The average Bonchev–Trinajstić information content (AvgIpc) is 2.49. The van der Waals surface area contributed by atoms with Crippen LogP contribution < -0.4 is 10.6 Å². The van der Waals surface area contributed by atoms with Gasteiger partial charge in [0.05, 0.1) is 5.02 Å². The quantitative estimate of drug-likeness (QED) is 0.483. The Morgan fingerprint density at radius 3 is 2.59 bits per heavy atom. The van der Waals surface area contributed by atoms with Crippen molar-refractivity contribution >= 4 is 62.1 Å². The van der Waals surface area contributed by atoms with Crippen molar-refractivity contribution in [2.75, 3.05) is 11.9 Å². The molecule has 2 aromatic rings. The van der Waals surface area contributed by atoms with Gasteiger partial charge in [0.25, 0.3) is 0 Å². The van der Waals surface area contributed by atoms with E-state index >= 15 is 0 Å². The number of nitrogens with one attached hydrogen (secondary N) is 2. The summed E-state index contributed by atoms with van der Waals surface area (Å²) in [6.07, 6.45) is 1.87. The van der Waals surface area contributed by atoms with Crippen molar-refractivity contribution in [1.82, 2.24) is 5.32 Å². The number of thiocarbonyl (C=S) groups is 1. The summed E-state index contributed by atoms with van der Waals surface area (Å²) in [7, 11) is 0. The molecule has 0 aliphatic rings. The highest BCUT2D eigenvalue weighted by Gasteiger charge is 2.02. The van der Waals surface area contributed by atoms with Gasteiger partial charge in [0.15, 0.2) is 5.11 Å². The van der Waals surface area contributed by atoms with E-state index < -0.39 is 0 Å². The molecule has 2 rings (SSSR count). The van der Waals surface area contributed by atoms with Crippen LogP contribution in [0.4, 0.5) is 5.69 Å². The summed E-state index contributed by atoms with van der Waals surface area (Å²) in [5.74, 6) is 0. The molecular weight excluding hydrogens is 403 g/mol. The molecule has 0 amide bonds. The number of benzene rings is 2. The van der Waals surface area contributed by atoms with Gasteiger partial charge in [0, 0.05) is 21.7 Å². The van der Waals surface area contributed by atoms with Gasteiger partial charge in [-0.2, -0.15) is 0 Å². The molecule has 0 unspecified atom stereocenters. The zero-order chi connectivity index (χ0) is 15.9. The fraction of sp³-hybridized carbons (Fsp3) is 0.188. The molecule has 0 aromatic heterocycles. The molecule has 6 heteroatoms. The van der Waals surface area contributed by atoms with Gasteiger partial charge in [-0.15, -0.1) is 0 Å². The lowest BCUT2D eigenvalue weighted by Gasteiger charge is -2.11. The Bertz CT molecular complexity index is 664. The monoisotopic (exact) mass is 416 g/mol. The molecule has 0 fully saturated rings. The zero-order valence-electron chi connectivity index (χ0n) is 11.7. The third-order valence-corrected chi connectivity index (χ3v) is 4.89. The van der Waals surface area contributed by atoms with Crippen LogP contribution in [-0.2, 0) is 6.42 Å². The Labute approximate surface area is 154 Å². The van der Waals surface area contributed by atoms with Crippen LogP contribution in [0.3, 0.4) is 0 Å². The molecule has 0 heterocycles. The molecule has 0 aliphatic carbocycles. The minimum Gasteiger partial charge on any atom is -0.362 e. The second kappa shape index (κ2) is 8.73. The molecule has 0 aliphatic heterocycles. The van der Waals surface area contributed by atoms with E-state index in [0.29, 0.717) is 10.1 Å². The SMILES string of the molecule is S=C(NCCCc1ccccc1Cl)Nc1ccc(Br)c(Cl)c1. The van der Waals surface area contributed by atoms with E-state index in [9.17, 15) is 0 Å². The Hall–Kier alpha value is -0.810.